The van der Waals surface area contributed by atoms with E-state index in [0.29, 0.717) is 23.0 Å². The SMILES string of the molecule is CCC1OC1CC(C)c1cccc(S(=O)(=O)C(C)C)c1. The Hall–Kier alpha value is -0.870. The average molecular weight is 296 g/mol. The summed E-state index contributed by atoms with van der Waals surface area (Å²) in [5, 5.41) is -0.385. The van der Waals surface area contributed by atoms with Crippen molar-refractivity contribution in [3.8, 4) is 0 Å². The molecule has 1 fully saturated rings. The van der Waals surface area contributed by atoms with Crippen LogP contribution in [0.3, 0.4) is 0 Å². The van der Waals surface area contributed by atoms with Gasteiger partial charge in [0.25, 0.3) is 0 Å². The fourth-order valence-corrected chi connectivity index (χ4v) is 3.61. The zero-order chi connectivity index (χ0) is 14.9. The third-order valence-electron chi connectivity index (χ3n) is 4.05. The number of benzene rings is 1. The maximum Gasteiger partial charge on any atom is 0.180 e. The van der Waals surface area contributed by atoms with E-state index in [9.17, 15) is 8.42 Å². The van der Waals surface area contributed by atoms with Gasteiger partial charge in [-0.15, -0.1) is 0 Å². The van der Waals surface area contributed by atoms with E-state index in [1.807, 2.05) is 18.2 Å². The highest BCUT2D eigenvalue weighted by Crippen LogP contribution is 2.34. The van der Waals surface area contributed by atoms with E-state index >= 15 is 0 Å². The summed E-state index contributed by atoms with van der Waals surface area (Å²) in [6.45, 7) is 7.70. The van der Waals surface area contributed by atoms with Gasteiger partial charge in [-0.3, -0.25) is 0 Å². The number of sulfone groups is 1. The van der Waals surface area contributed by atoms with Crippen molar-refractivity contribution in [1.29, 1.82) is 0 Å². The van der Waals surface area contributed by atoms with Gasteiger partial charge in [-0.2, -0.15) is 0 Å². The second kappa shape index (κ2) is 5.86. The van der Waals surface area contributed by atoms with Gasteiger partial charge < -0.3 is 4.74 Å². The zero-order valence-electron chi connectivity index (χ0n) is 12.7. The third kappa shape index (κ3) is 3.23. The molecule has 0 amide bonds. The predicted octanol–water partition coefficient (Wildman–Crippen LogP) is 3.54. The van der Waals surface area contributed by atoms with Crippen LogP contribution in [0.1, 0.15) is 52.0 Å². The molecule has 0 radical (unpaired) electrons. The van der Waals surface area contributed by atoms with Gasteiger partial charge in [0.05, 0.1) is 22.4 Å². The third-order valence-corrected chi connectivity index (χ3v) is 6.20. The van der Waals surface area contributed by atoms with Crippen LogP contribution in [0.5, 0.6) is 0 Å². The number of hydrogen-bond donors (Lipinski definition) is 0. The summed E-state index contributed by atoms with van der Waals surface area (Å²) in [6.07, 6.45) is 2.77. The quantitative estimate of drug-likeness (QED) is 0.754. The molecule has 0 aromatic heterocycles. The molecular weight excluding hydrogens is 272 g/mol. The molecule has 1 aliphatic heterocycles. The molecule has 4 heteroatoms. The summed E-state index contributed by atoms with van der Waals surface area (Å²) in [5.41, 5.74) is 1.08. The minimum Gasteiger partial charge on any atom is -0.370 e. The Morgan fingerprint density at radius 2 is 1.90 bits per heavy atom. The van der Waals surface area contributed by atoms with Crippen LogP contribution >= 0.6 is 0 Å². The number of epoxide rings is 1. The monoisotopic (exact) mass is 296 g/mol. The molecule has 0 spiro atoms. The minimum atomic E-state index is -3.19. The van der Waals surface area contributed by atoms with Gasteiger partial charge in [0.2, 0.25) is 0 Å². The lowest BCUT2D eigenvalue weighted by molar-refractivity contribution is 0.353. The summed E-state index contributed by atoms with van der Waals surface area (Å²) in [4.78, 5) is 0.431. The lowest BCUT2D eigenvalue weighted by atomic mass is 9.95. The van der Waals surface area contributed by atoms with E-state index in [2.05, 4.69) is 13.8 Å². The second-order valence-electron chi connectivity index (χ2n) is 5.92. The number of rotatable bonds is 6. The Morgan fingerprint density at radius 3 is 2.45 bits per heavy atom. The molecule has 0 N–H and O–H groups in total. The van der Waals surface area contributed by atoms with E-state index in [0.717, 1.165) is 18.4 Å². The first-order chi connectivity index (χ1) is 9.36. The minimum absolute atomic E-state index is 0.318. The second-order valence-corrected chi connectivity index (χ2v) is 8.43. The molecule has 3 nitrogen and oxygen atoms in total. The van der Waals surface area contributed by atoms with Crippen molar-refractivity contribution >= 4 is 9.84 Å². The van der Waals surface area contributed by atoms with Gasteiger partial charge in [0.15, 0.2) is 9.84 Å². The Bertz CT molecular complexity index is 563. The van der Waals surface area contributed by atoms with Gasteiger partial charge in [-0.1, -0.05) is 26.0 Å². The highest BCUT2D eigenvalue weighted by molar-refractivity contribution is 7.92. The van der Waals surface area contributed by atoms with Crippen LogP contribution in [0.4, 0.5) is 0 Å². The van der Waals surface area contributed by atoms with Gasteiger partial charge >= 0.3 is 0 Å². The Kier molecular flexibility index (Phi) is 4.55. The molecule has 112 valence electrons. The fourth-order valence-electron chi connectivity index (χ4n) is 2.50. The standard InChI is InChI=1S/C16H24O3S/c1-5-15-16(19-15)9-12(4)13-7-6-8-14(10-13)20(17,18)11(2)3/h6-8,10-12,15-16H,5,9H2,1-4H3. The molecule has 0 aliphatic carbocycles. The summed E-state index contributed by atoms with van der Waals surface area (Å²) >= 11 is 0. The first-order valence-corrected chi connectivity index (χ1v) is 8.90. The van der Waals surface area contributed by atoms with E-state index in [1.54, 1.807) is 19.9 Å². The molecule has 1 aromatic rings. The summed E-state index contributed by atoms with van der Waals surface area (Å²) < 4.78 is 30.0. The van der Waals surface area contributed by atoms with E-state index in [-0.39, 0.29) is 5.25 Å². The molecule has 1 heterocycles. The van der Waals surface area contributed by atoms with Crippen molar-refractivity contribution < 1.29 is 13.2 Å². The summed E-state index contributed by atoms with van der Waals surface area (Å²) in [6, 6.07) is 7.36. The first-order valence-electron chi connectivity index (χ1n) is 7.35. The van der Waals surface area contributed by atoms with E-state index < -0.39 is 9.84 Å². The number of hydrogen-bond acceptors (Lipinski definition) is 3. The van der Waals surface area contributed by atoms with Crippen LogP contribution in [0.2, 0.25) is 0 Å². The van der Waals surface area contributed by atoms with Crippen LogP contribution in [0.15, 0.2) is 29.2 Å². The molecule has 1 saturated heterocycles. The Morgan fingerprint density at radius 1 is 1.20 bits per heavy atom. The molecule has 3 unspecified atom stereocenters. The van der Waals surface area contributed by atoms with E-state index in [4.69, 9.17) is 4.74 Å². The molecular formula is C16H24O3S. The van der Waals surface area contributed by atoms with Crippen LogP contribution in [-0.4, -0.2) is 25.9 Å². The Balaban J connectivity index is 2.14. The highest BCUT2D eigenvalue weighted by atomic mass is 32.2. The van der Waals surface area contributed by atoms with Crippen LogP contribution < -0.4 is 0 Å². The smallest absolute Gasteiger partial charge is 0.180 e. The molecule has 0 saturated carbocycles. The van der Waals surface area contributed by atoms with Gasteiger partial charge in [0, 0.05) is 0 Å². The topological polar surface area (TPSA) is 46.7 Å². The average Bonchev–Trinajstić information content (AvgIpc) is 3.17. The van der Waals surface area contributed by atoms with Crippen LogP contribution in [-0.2, 0) is 14.6 Å². The zero-order valence-corrected chi connectivity index (χ0v) is 13.5. The summed E-state index contributed by atoms with van der Waals surface area (Å²) in [7, 11) is -3.19. The largest absolute Gasteiger partial charge is 0.370 e. The first kappa shape index (κ1) is 15.5. The molecule has 1 aromatic carbocycles. The normalized spacial score (nSPS) is 23.9. The van der Waals surface area contributed by atoms with Crippen LogP contribution in [0.25, 0.3) is 0 Å². The maximum atomic E-state index is 12.2. The van der Waals surface area contributed by atoms with Crippen molar-refractivity contribution in [1.82, 2.24) is 0 Å². The van der Waals surface area contributed by atoms with Gasteiger partial charge in [0.1, 0.15) is 0 Å². The Labute approximate surface area is 122 Å². The van der Waals surface area contributed by atoms with Crippen molar-refractivity contribution in [3.05, 3.63) is 29.8 Å². The molecule has 1 aliphatic rings. The van der Waals surface area contributed by atoms with Crippen molar-refractivity contribution in [2.45, 2.75) is 68.8 Å². The summed E-state index contributed by atoms with van der Waals surface area (Å²) in [5.74, 6) is 0.318. The number of ether oxygens (including phenoxy) is 1. The van der Waals surface area contributed by atoms with E-state index in [1.165, 1.54) is 0 Å². The predicted molar refractivity (Wildman–Crippen MR) is 80.7 cm³/mol. The maximum absolute atomic E-state index is 12.2. The highest BCUT2D eigenvalue weighted by Gasteiger charge is 2.37. The molecule has 0 bridgehead atoms. The van der Waals surface area contributed by atoms with Crippen molar-refractivity contribution in [3.63, 3.8) is 0 Å². The lowest BCUT2D eigenvalue weighted by Gasteiger charge is -2.13. The lowest BCUT2D eigenvalue weighted by Crippen LogP contribution is -2.14. The fraction of sp³-hybridized carbons (Fsp3) is 0.625. The van der Waals surface area contributed by atoms with Gasteiger partial charge in [-0.25, -0.2) is 8.42 Å². The molecule has 20 heavy (non-hydrogen) atoms. The molecule has 2 rings (SSSR count). The molecule has 3 atom stereocenters. The van der Waals surface area contributed by atoms with Crippen molar-refractivity contribution in [2.75, 3.05) is 0 Å². The van der Waals surface area contributed by atoms with Crippen LogP contribution in [0, 0.1) is 0 Å². The van der Waals surface area contributed by atoms with Crippen molar-refractivity contribution in [2.24, 2.45) is 0 Å². The van der Waals surface area contributed by atoms with Gasteiger partial charge in [-0.05, 0) is 50.3 Å².